The van der Waals surface area contributed by atoms with Crippen LogP contribution in [-0.2, 0) is 6.42 Å². The predicted molar refractivity (Wildman–Crippen MR) is 79.0 cm³/mol. The molecule has 4 nitrogen and oxygen atoms in total. The van der Waals surface area contributed by atoms with Crippen LogP contribution in [0.15, 0.2) is 30.5 Å². The van der Waals surface area contributed by atoms with E-state index in [1.54, 1.807) is 18.3 Å². The van der Waals surface area contributed by atoms with Gasteiger partial charge < -0.3 is 11.1 Å². The van der Waals surface area contributed by atoms with Gasteiger partial charge in [-0.25, -0.2) is 14.4 Å². The second kappa shape index (κ2) is 6.96. The van der Waals surface area contributed by atoms with Gasteiger partial charge in [0.05, 0.1) is 17.6 Å². The second-order valence-corrected chi connectivity index (χ2v) is 4.49. The van der Waals surface area contributed by atoms with Crippen molar-refractivity contribution < 1.29 is 4.39 Å². The highest BCUT2D eigenvalue weighted by atomic mass is 19.1. The van der Waals surface area contributed by atoms with E-state index < -0.39 is 0 Å². The molecule has 2 aromatic rings. The third kappa shape index (κ3) is 3.51. The van der Waals surface area contributed by atoms with Gasteiger partial charge in [-0.3, -0.25) is 0 Å². The molecule has 0 aliphatic rings. The zero-order valence-electron chi connectivity index (χ0n) is 11.6. The Balaban J connectivity index is 2.24. The lowest BCUT2D eigenvalue weighted by atomic mass is 10.2. The number of aryl methyl sites for hydroxylation is 1. The fourth-order valence-corrected chi connectivity index (χ4v) is 1.93. The average molecular weight is 274 g/mol. The molecule has 106 valence electrons. The molecule has 0 aliphatic heterocycles. The SMILES string of the molecule is CCc1nc(-c2cccc(F)c2)ncc1NCCCN. The van der Waals surface area contributed by atoms with Crippen LogP contribution in [0, 0.1) is 5.82 Å². The summed E-state index contributed by atoms with van der Waals surface area (Å²) in [6, 6.07) is 6.32. The fraction of sp³-hybridized carbons (Fsp3) is 0.333. The summed E-state index contributed by atoms with van der Waals surface area (Å²) in [6.45, 7) is 3.48. The van der Waals surface area contributed by atoms with Crippen LogP contribution in [-0.4, -0.2) is 23.1 Å². The van der Waals surface area contributed by atoms with Crippen molar-refractivity contribution in [3.05, 3.63) is 42.0 Å². The fourth-order valence-electron chi connectivity index (χ4n) is 1.93. The summed E-state index contributed by atoms with van der Waals surface area (Å²) < 4.78 is 13.2. The van der Waals surface area contributed by atoms with E-state index in [0.29, 0.717) is 17.9 Å². The van der Waals surface area contributed by atoms with Gasteiger partial charge in [0, 0.05) is 12.1 Å². The van der Waals surface area contributed by atoms with Crippen LogP contribution in [0.5, 0.6) is 0 Å². The summed E-state index contributed by atoms with van der Waals surface area (Å²) in [5.41, 5.74) is 8.00. The monoisotopic (exact) mass is 274 g/mol. The summed E-state index contributed by atoms with van der Waals surface area (Å²) in [6.07, 6.45) is 3.44. The van der Waals surface area contributed by atoms with Crippen molar-refractivity contribution in [1.82, 2.24) is 9.97 Å². The molecule has 0 aliphatic carbocycles. The van der Waals surface area contributed by atoms with Gasteiger partial charge in [0.2, 0.25) is 0 Å². The summed E-state index contributed by atoms with van der Waals surface area (Å²) in [5, 5.41) is 3.28. The molecular weight excluding hydrogens is 255 g/mol. The van der Waals surface area contributed by atoms with Gasteiger partial charge >= 0.3 is 0 Å². The van der Waals surface area contributed by atoms with Crippen LogP contribution in [0.1, 0.15) is 19.0 Å². The van der Waals surface area contributed by atoms with Crippen molar-refractivity contribution in [2.45, 2.75) is 19.8 Å². The molecule has 0 spiro atoms. The number of halogens is 1. The van der Waals surface area contributed by atoms with E-state index in [0.717, 1.165) is 30.8 Å². The molecule has 3 N–H and O–H groups in total. The van der Waals surface area contributed by atoms with Crippen LogP contribution in [0.2, 0.25) is 0 Å². The standard InChI is InChI=1S/C15H19FN4/c1-2-13-14(18-8-4-7-17)10-19-15(20-13)11-5-3-6-12(16)9-11/h3,5-6,9-10,18H,2,4,7-8,17H2,1H3. The number of rotatable bonds is 6. The topological polar surface area (TPSA) is 63.8 Å². The molecule has 1 aromatic carbocycles. The Morgan fingerprint density at radius 1 is 1.35 bits per heavy atom. The van der Waals surface area contributed by atoms with E-state index in [9.17, 15) is 4.39 Å². The molecule has 0 fully saturated rings. The first kappa shape index (κ1) is 14.4. The number of hydrogen-bond donors (Lipinski definition) is 2. The molecule has 0 atom stereocenters. The summed E-state index contributed by atoms with van der Waals surface area (Å²) >= 11 is 0. The lowest BCUT2D eigenvalue weighted by Crippen LogP contribution is -2.11. The van der Waals surface area contributed by atoms with Crippen molar-refractivity contribution in [3.8, 4) is 11.4 Å². The number of nitrogens with one attached hydrogen (secondary N) is 1. The molecule has 1 heterocycles. The Morgan fingerprint density at radius 2 is 2.20 bits per heavy atom. The summed E-state index contributed by atoms with van der Waals surface area (Å²) in [4.78, 5) is 8.82. The minimum absolute atomic E-state index is 0.283. The zero-order chi connectivity index (χ0) is 14.4. The second-order valence-electron chi connectivity index (χ2n) is 4.49. The minimum atomic E-state index is -0.283. The Bertz CT molecular complexity index is 572. The van der Waals surface area contributed by atoms with Crippen molar-refractivity contribution in [2.24, 2.45) is 5.73 Å². The van der Waals surface area contributed by atoms with Gasteiger partial charge in [-0.1, -0.05) is 19.1 Å². The third-order valence-electron chi connectivity index (χ3n) is 2.98. The number of anilines is 1. The van der Waals surface area contributed by atoms with E-state index in [1.807, 2.05) is 6.92 Å². The van der Waals surface area contributed by atoms with Crippen molar-refractivity contribution in [3.63, 3.8) is 0 Å². The number of aromatic nitrogens is 2. The van der Waals surface area contributed by atoms with Gasteiger partial charge in [-0.2, -0.15) is 0 Å². The third-order valence-corrected chi connectivity index (χ3v) is 2.98. The summed E-state index contributed by atoms with van der Waals surface area (Å²) in [5.74, 6) is 0.264. The Morgan fingerprint density at radius 3 is 2.90 bits per heavy atom. The van der Waals surface area contributed by atoms with Gasteiger partial charge in [-0.15, -0.1) is 0 Å². The molecule has 5 heteroatoms. The molecule has 0 bridgehead atoms. The molecular formula is C15H19FN4. The van der Waals surface area contributed by atoms with Crippen LogP contribution in [0.25, 0.3) is 11.4 Å². The molecule has 0 saturated heterocycles. The molecule has 20 heavy (non-hydrogen) atoms. The van der Waals surface area contributed by atoms with Gasteiger partial charge in [0.15, 0.2) is 5.82 Å². The lowest BCUT2D eigenvalue weighted by Gasteiger charge is -2.11. The minimum Gasteiger partial charge on any atom is -0.382 e. The molecule has 2 rings (SSSR count). The van der Waals surface area contributed by atoms with E-state index in [-0.39, 0.29) is 5.82 Å². The lowest BCUT2D eigenvalue weighted by molar-refractivity contribution is 0.628. The smallest absolute Gasteiger partial charge is 0.159 e. The van der Waals surface area contributed by atoms with Crippen LogP contribution in [0.3, 0.4) is 0 Å². The Labute approximate surface area is 118 Å². The van der Waals surface area contributed by atoms with Crippen molar-refractivity contribution >= 4 is 5.69 Å². The number of nitrogens with zero attached hydrogens (tertiary/aromatic N) is 2. The maximum absolute atomic E-state index is 13.2. The van der Waals surface area contributed by atoms with Crippen LogP contribution >= 0.6 is 0 Å². The normalized spacial score (nSPS) is 10.6. The molecule has 0 radical (unpaired) electrons. The van der Waals surface area contributed by atoms with E-state index in [1.165, 1.54) is 12.1 Å². The molecule has 0 amide bonds. The highest BCUT2D eigenvalue weighted by molar-refractivity contribution is 5.58. The van der Waals surface area contributed by atoms with Gasteiger partial charge in [0.1, 0.15) is 5.82 Å². The molecule has 1 aromatic heterocycles. The number of hydrogen-bond acceptors (Lipinski definition) is 4. The maximum atomic E-state index is 13.2. The molecule has 0 saturated carbocycles. The van der Waals surface area contributed by atoms with Gasteiger partial charge in [0.25, 0.3) is 0 Å². The first-order valence-corrected chi connectivity index (χ1v) is 6.80. The Kier molecular flexibility index (Phi) is 5.01. The average Bonchev–Trinajstić information content (AvgIpc) is 2.47. The first-order chi connectivity index (χ1) is 9.74. The van der Waals surface area contributed by atoms with Crippen LogP contribution in [0.4, 0.5) is 10.1 Å². The van der Waals surface area contributed by atoms with Gasteiger partial charge in [-0.05, 0) is 31.5 Å². The molecule has 0 unspecified atom stereocenters. The van der Waals surface area contributed by atoms with E-state index >= 15 is 0 Å². The first-order valence-electron chi connectivity index (χ1n) is 6.80. The largest absolute Gasteiger partial charge is 0.382 e. The van der Waals surface area contributed by atoms with Crippen LogP contribution < -0.4 is 11.1 Å². The summed E-state index contributed by atoms with van der Waals surface area (Å²) in [7, 11) is 0. The predicted octanol–water partition coefficient (Wildman–Crippen LogP) is 2.61. The highest BCUT2D eigenvalue weighted by Crippen LogP contribution is 2.20. The quantitative estimate of drug-likeness (QED) is 0.795. The maximum Gasteiger partial charge on any atom is 0.159 e. The Hall–Kier alpha value is -2.01. The van der Waals surface area contributed by atoms with E-state index in [4.69, 9.17) is 5.73 Å². The van der Waals surface area contributed by atoms with Crippen molar-refractivity contribution in [2.75, 3.05) is 18.4 Å². The number of nitrogens with two attached hydrogens (primary N) is 1. The number of benzene rings is 1. The van der Waals surface area contributed by atoms with Crippen molar-refractivity contribution in [1.29, 1.82) is 0 Å². The van der Waals surface area contributed by atoms with E-state index in [2.05, 4.69) is 15.3 Å². The highest BCUT2D eigenvalue weighted by Gasteiger charge is 2.07. The zero-order valence-corrected chi connectivity index (χ0v) is 11.6.